The molecule has 18 heavy (non-hydrogen) atoms. The third kappa shape index (κ3) is 3.23. The molecule has 0 spiro atoms. The molecule has 0 bridgehead atoms. The molecule has 0 aromatic heterocycles. The molecule has 1 aliphatic heterocycles. The van der Waals surface area contributed by atoms with Gasteiger partial charge in [0.2, 0.25) is 0 Å². The predicted octanol–water partition coefficient (Wildman–Crippen LogP) is 2.13. The molecule has 104 valence electrons. The van der Waals surface area contributed by atoms with Crippen molar-refractivity contribution >= 4 is 5.97 Å². The summed E-state index contributed by atoms with van der Waals surface area (Å²) in [5.41, 5.74) is -0.498. The summed E-state index contributed by atoms with van der Waals surface area (Å²) in [6.07, 6.45) is 6.23. The van der Waals surface area contributed by atoms with Gasteiger partial charge in [-0.3, -0.25) is 9.69 Å². The Bertz CT molecular complexity index is 287. The maximum absolute atomic E-state index is 11.7. The second kappa shape index (κ2) is 6.02. The minimum absolute atomic E-state index is 0.224. The number of carboxylic acids is 1. The first-order chi connectivity index (χ1) is 8.62. The van der Waals surface area contributed by atoms with Gasteiger partial charge in [0.15, 0.2) is 0 Å². The normalized spacial score (nSPS) is 29.7. The van der Waals surface area contributed by atoms with E-state index in [-0.39, 0.29) is 6.10 Å². The van der Waals surface area contributed by atoms with Gasteiger partial charge in [-0.25, -0.2) is 0 Å². The van der Waals surface area contributed by atoms with Crippen molar-refractivity contribution in [2.24, 2.45) is 5.41 Å². The van der Waals surface area contributed by atoms with E-state index in [1.54, 1.807) is 0 Å². The van der Waals surface area contributed by atoms with Gasteiger partial charge in [0.25, 0.3) is 0 Å². The van der Waals surface area contributed by atoms with Crippen molar-refractivity contribution in [2.75, 3.05) is 26.2 Å². The lowest BCUT2D eigenvalue weighted by Crippen LogP contribution is -2.46. The summed E-state index contributed by atoms with van der Waals surface area (Å²) in [5.74, 6) is -0.597. The molecular formula is C14H25NO3. The van der Waals surface area contributed by atoms with E-state index in [1.807, 2.05) is 0 Å². The van der Waals surface area contributed by atoms with Crippen molar-refractivity contribution in [3.8, 4) is 0 Å². The van der Waals surface area contributed by atoms with Crippen molar-refractivity contribution < 1.29 is 14.6 Å². The summed E-state index contributed by atoms with van der Waals surface area (Å²) < 4.78 is 5.63. The Labute approximate surface area is 109 Å². The summed E-state index contributed by atoms with van der Waals surface area (Å²) in [4.78, 5) is 14.0. The van der Waals surface area contributed by atoms with Crippen LogP contribution in [0.4, 0.5) is 0 Å². The smallest absolute Gasteiger partial charge is 0.310 e. The summed E-state index contributed by atoms with van der Waals surface area (Å²) >= 11 is 0. The van der Waals surface area contributed by atoms with Gasteiger partial charge in [-0.1, -0.05) is 19.3 Å². The van der Waals surface area contributed by atoms with Gasteiger partial charge in [-0.2, -0.15) is 0 Å². The largest absolute Gasteiger partial charge is 0.481 e. The van der Waals surface area contributed by atoms with Crippen LogP contribution in [0.25, 0.3) is 0 Å². The number of aliphatic carboxylic acids is 1. The molecule has 1 unspecified atom stereocenters. The van der Waals surface area contributed by atoms with Gasteiger partial charge in [-0.15, -0.1) is 0 Å². The van der Waals surface area contributed by atoms with Crippen LogP contribution < -0.4 is 0 Å². The molecule has 4 nitrogen and oxygen atoms in total. The lowest BCUT2D eigenvalue weighted by Gasteiger charge is -2.37. The molecule has 1 atom stereocenters. The van der Waals surface area contributed by atoms with Crippen LogP contribution in [0.15, 0.2) is 0 Å². The molecule has 1 N–H and O–H groups in total. The summed E-state index contributed by atoms with van der Waals surface area (Å²) in [7, 11) is 0. The summed E-state index contributed by atoms with van der Waals surface area (Å²) in [6, 6.07) is 0. The lowest BCUT2D eigenvalue weighted by atomic mass is 9.73. The Morgan fingerprint density at radius 2 is 2.06 bits per heavy atom. The number of ether oxygens (including phenoxy) is 1. The third-order valence-electron chi connectivity index (χ3n) is 4.33. The predicted molar refractivity (Wildman–Crippen MR) is 69.6 cm³/mol. The molecule has 1 aliphatic carbocycles. The highest BCUT2D eigenvalue weighted by Crippen LogP contribution is 2.37. The van der Waals surface area contributed by atoms with E-state index in [0.717, 1.165) is 51.8 Å². The SMILES string of the molecule is CC1CN(CC2(C(=O)O)CCCCC2)CCCO1. The van der Waals surface area contributed by atoms with E-state index in [0.29, 0.717) is 6.54 Å². The lowest BCUT2D eigenvalue weighted by molar-refractivity contribution is -0.152. The molecule has 0 radical (unpaired) electrons. The molecular weight excluding hydrogens is 230 g/mol. The fraction of sp³-hybridized carbons (Fsp3) is 0.929. The average molecular weight is 255 g/mol. The van der Waals surface area contributed by atoms with Crippen molar-refractivity contribution in [3.63, 3.8) is 0 Å². The molecule has 4 heteroatoms. The molecule has 0 aromatic carbocycles. The minimum Gasteiger partial charge on any atom is -0.481 e. The zero-order chi connectivity index (χ0) is 13.0. The number of carboxylic acid groups (broad SMARTS) is 1. The molecule has 1 heterocycles. The molecule has 2 aliphatic rings. The second-order valence-corrected chi connectivity index (χ2v) is 5.92. The number of carbonyl (C=O) groups is 1. The summed E-state index contributed by atoms with van der Waals surface area (Å²) in [5, 5.41) is 9.60. The monoisotopic (exact) mass is 255 g/mol. The highest BCUT2D eigenvalue weighted by molar-refractivity contribution is 5.75. The first-order valence-corrected chi connectivity index (χ1v) is 7.20. The zero-order valence-corrected chi connectivity index (χ0v) is 11.4. The molecule has 2 fully saturated rings. The van der Waals surface area contributed by atoms with Crippen LogP contribution in [-0.2, 0) is 9.53 Å². The van der Waals surface area contributed by atoms with Crippen molar-refractivity contribution in [2.45, 2.75) is 51.6 Å². The number of rotatable bonds is 3. The molecule has 1 saturated carbocycles. The fourth-order valence-electron chi connectivity index (χ4n) is 3.32. The first-order valence-electron chi connectivity index (χ1n) is 7.20. The first kappa shape index (κ1) is 13.8. The highest BCUT2D eigenvalue weighted by atomic mass is 16.5. The number of hydrogen-bond acceptors (Lipinski definition) is 3. The van der Waals surface area contributed by atoms with E-state index >= 15 is 0 Å². The average Bonchev–Trinajstić information content (AvgIpc) is 2.54. The van der Waals surface area contributed by atoms with Crippen molar-refractivity contribution in [3.05, 3.63) is 0 Å². The quantitative estimate of drug-likeness (QED) is 0.839. The van der Waals surface area contributed by atoms with Gasteiger partial charge >= 0.3 is 5.97 Å². The van der Waals surface area contributed by atoms with Crippen LogP contribution in [0.5, 0.6) is 0 Å². The van der Waals surface area contributed by atoms with Gasteiger partial charge < -0.3 is 9.84 Å². The molecule has 2 rings (SSSR count). The Hall–Kier alpha value is -0.610. The van der Waals surface area contributed by atoms with E-state index < -0.39 is 11.4 Å². The Kier molecular flexibility index (Phi) is 4.62. The van der Waals surface area contributed by atoms with E-state index in [2.05, 4.69) is 11.8 Å². The van der Waals surface area contributed by atoms with E-state index in [9.17, 15) is 9.90 Å². The molecule has 0 aromatic rings. The minimum atomic E-state index is -0.597. The van der Waals surface area contributed by atoms with E-state index in [1.165, 1.54) is 6.42 Å². The van der Waals surface area contributed by atoms with Crippen LogP contribution in [0, 0.1) is 5.41 Å². The highest BCUT2D eigenvalue weighted by Gasteiger charge is 2.41. The Morgan fingerprint density at radius 3 is 2.72 bits per heavy atom. The number of nitrogens with zero attached hydrogens (tertiary/aromatic N) is 1. The fourth-order valence-corrected chi connectivity index (χ4v) is 3.32. The van der Waals surface area contributed by atoms with Crippen LogP contribution in [0.2, 0.25) is 0 Å². The van der Waals surface area contributed by atoms with Gasteiger partial charge in [-0.05, 0) is 26.2 Å². The Morgan fingerprint density at radius 1 is 1.33 bits per heavy atom. The Balaban J connectivity index is 2.01. The van der Waals surface area contributed by atoms with Crippen molar-refractivity contribution in [1.29, 1.82) is 0 Å². The summed E-state index contributed by atoms with van der Waals surface area (Å²) in [6.45, 7) is 5.43. The maximum atomic E-state index is 11.7. The van der Waals surface area contributed by atoms with Crippen molar-refractivity contribution in [1.82, 2.24) is 4.90 Å². The van der Waals surface area contributed by atoms with Crippen LogP contribution in [0.1, 0.15) is 45.4 Å². The van der Waals surface area contributed by atoms with Crippen LogP contribution >= 0.6 is 0 Å². The van der Waals surface area contributed by atoms with E-state index in [4.69, 9.17) is 4.74 Å². The number of hydrogen-bond donors (Lipinski definition) is 1. The third-order valence-corrected chi connectivity index (χ3v) is 4.33. The topological polar surface area (TPSA) is 49.8 Å². The molecule has 0 amide bonds. The van der Waals surface area contributed by atoms with Crippen LogP contribution in [0.3, 0.4) is 0 Å². The van der Waals surface area contributed by atoms with Gasteiger partial charge in [0.1, 0.15) is 0 Å². The van der Waals surface area contributed by atoms with Gasteiger partial charge in [0.05, 0.1) is 11.5 Å². The van der Waals surface area contributed by atoms with Crippen LogP contribution in [-0.4, -0.2) is 48.3 Å². The second-order valence-electron chi connectivity index (χ2n) is 5.92. The van der Waals surface area contributed by atoms with Gasteiger partial charge in [0, 0.05) is 26.2 Å². The zero-order valence-electron chi connectivity index (χ0n) is 11.4. The maximum Gasteiger partial charge on any atom is 0.310 e. The standard InChI is InChI=1S/C14H25NO3/c1-12-10-15(8-5-9-18-12)11-14(13(16)17)6-3-2-4-7-14/h12H,2-11H2,1H3,(H,16,17). The molecule has 1 saturated heterocycles.